The highest BCUT2D eigenvalue weighted by molar-refractivity contribution is 9.08. The SMILES string of the molecule is Cc1nccn1-c1ccc(CBr)cn1. The Balaban J connectivity index is 2.39. The van der Waals surface area contributed by atoms with Crippen molar-refractivity contribution in [2.24, 2.45) is 0 Å². The zero-order chi connectivity index (χ0) is 9.97. The Hall–Kier alpha value is -1.16. The van der Waals surface area contributed by atoms with E-state index in [2.05, 4.69) is 32.0 Å². The average molecular weight is 252 g/mol. The fraction of sp³-hybridized carbons (Fsp3) is 0.200. The number of imidazole rings is 1. The second kappa shape index (κ2) is 3.92. The molecular formula is C10H10BrN3. The molecule has 0 N–H and O–H groups in total. The Labute approximate surface area is 90.9 Å². The number of nitrogens with zero attached hydrogens (tertiary/aromatic N) is 3. The summed E-state index contributed by atoms with van der Waals surface area (Å²) in [5.74, 6) is 1.86. The number of alkyl halides is 1. The Kier molecular flexibility index (Phi) is 2.63. The number of aryl methyl sites for hydroxylation is 1. The van der Waals surface area contributed by atoms with E-state index < -0.39 is 0 Å². The van der Waals surface area contributed by atoms with Crippen LogP contribution < -0.4 is 0 Å². The molecule has 0 radical (unpaired) electrons. The zero-order valence-electron chi connectivity index (χ0n) is 7.81. The van der Waals surface area contributed by atoms with Crippen molar-refractivity contribution in [2.75, 3.05) is 0 Å². The van der Waals surface area contributed by atoms with Gasteiger partial charge in [0.25, 0.3) is 0 Å². The van der Waals surface area contributed by atoms with Gasteiger partial charge in [-0.25, -0.2) is 9.97 Å². The van der Waals surface area contributed by atoms with Gasteiger partial charge in [-0.2, -0.15) is 0 Å². The van der Waals surface area contributed by atoms with Crippen molar-refractivity contribution in [3.8, 4) is 5.82 Å². The first-order chi connectivity index (χ1) is 6.81. The minimum atomic E-state index is 0.836. The Morgan fingerprint density at radius 3 is 2.71 bits per heavy atom. The molecule has 2 aromatic rings. The molecule has 0 fully saturated rings. The van der Waals surface area contributed by atoms with E-state index in [1.807, 2.05) is 30.0 Å². The molecule has 0 bridgehead atoms. The second-order valence-electron chi connectivity index (χ2n) is 3.00. The number of halogens is 1. The van der Waals surface area contributed by atoms with Crippen LogP contribution in [-0.2, 0) is 5.33 Å². The van der Waals surface area contributed by atoms with Crippen LogP contribution >= 0.6 is 15.9 Å². The molecule has 14 heavy (non-hydrogen) atoms. The van der Waals surface area contributed by atoms with Crippen LogP contribution in [0.4, 0.5) is 0 Å². The lowest BCUT2D eigenvalue weighted by Gasteiger charge is -2.03. The van der Waals surface area contributed by atoms with Crippen LogP contribution in [0.3, 0.4) is 0 Å². The van der Waals surface area contributed by atoms with Crippen molar-refractivity contribution >= 4 is 15.9 Å². The molecule has 2 rings (SSSR count). The fourth-order valence-corrected chi connectivity index (χ4v) is 1.59. The van der Waals surface area contributed by atoms with E-state index in [9.17, 15) is 0 Å². The molecule has 0 unspecified atom stereocenters. The second-order valence-corrected chi connectivity index (χ2v) is 3.56. The normalized spacial score (nSPS) is 10.4. The predicted molar refractivity (Wildman–Crippen MR) is 58.7 cm³/mol. The molecule has 0 amide bonds. The summed E-state index contributed by atoms with van der Waals surface area (Å²) in [6.07, 6.45) is 5.55. The Morgan fingerprint density at radius 2 is 2.21 bits per heavy atom. The highest BCUT2D eigenvalue weighted by Crippen LogP contribution is 2.09. The first-order valence-corrected chi connectivity index (χ1v) is 5.44. The molecule has 0 saturated heterocycles. The van der Waals surface area contributed by atoms with Crippen molar-refractivity contribution in [2.45, 2.75) is 12.3 Å². The van der Waals surface area contributed by atoms with Crippen LogP contribution in [0.15, 0.2) is 30.7 Å². The van der Waals surface area contributed by atoms with Gasteiger partial charge in [-0.15, -0.1) is 0 Å². The summed E-state index contributed by atoms with van der Waals surface area (Å²) < 4.78 is 1.96. The van der Waals surface area contributed by atoms with Gasteiger partial charge in [-0.1, -0.05) is 22.0 Å². The minimum absolute atomic E-state index is 0.836. The number of rotatable bonds is 2. The van der Waals surface area contributed by atoms with Gasteiger partial charge in [0.15, 0.2) is 0 Å². The Bertz CT molecular complexity index is 419. The van der Waals surface area contributed by atoms with Gasteiger partial charge >= 0.3 is 0 Å². The van der Waals surface area contributed by atoms with E-state index in [0.29, 0.717) is 0 Å². The molecule has 0 aliphatic rings. The third-order valence-corrected chi connectivity index (χ3v) is 2.68. The smallest absolute Gasteiger partial charge is 0.137 e. The van der Waals surface area contributed by atoms with Crippen molar-refractivity contribution < 1.29 is 0 Å². The highest BCUT2D eigenvalue weighted by atomic mass is 79.9. The lowest BCUT2D eigenvalue weighted by Crippen LogP contribution is -1.98. The lowest BCUT2D eigenvalue weighted by atomic mass is 10.3. The average Bonchev–Trinajstić information content (AvgIpc) is 2.65. The summed E-state index contributed by atoms with van der Waals surface area (Å²) in [7, 11) is 0. The molecule has 0 aliphatic carbocycles. The topological polar surface area (TPSA) is 30.7 Å². The quantitative estimate of drug-likeness (QED) is 0.768. The number of pyridine rings is 1. The van der Waals surface area contributed by atoms with E-state index in [-0.39, 0.29) is 0 Å². The van der Waals surface area contributed by atoms with Crippen LogP contribution in [0.5, 0.6) is 0 Å². The maximum absolute atomic E-state index is 4.35. The molecule has 3 nitrogen and oxygen atoms in total. The van der Waals surface area contributed by atoms with Crippen LogP contribution in [0.2, 0.25) is 0 Å². The zero-order valence-corrected chi connectivity index (χ0v) is 9.40. The van der Waals surface area contributed by atoms with Crippen molar-refractivity contribution in [3.63, 3.8) is 0 Å². The molecular weight excluding hydrogens is 242 g/mol. The number of hydrogen-bond donors (Lipinski definition) is 0. The third kappa shape index (κ3) is 1.70. The first kappa shape index (κ1) is 9.40. The first-order valence-electron chi connectivity index (χ1n) is 4.32. The summed E-state index contributed by atoms with van der Waals surface area (Å²) >= 11 is 3.39. The highest BCUT2D eigenvalue weighted by Gasteiger charge is 2.00. The van der Waals surface area contributed by atoms with Gasteiger partial charge in [0.1, 0.15) is 11.6 Å². The molecule has 0 spiro atoms. The van der Waals surface area contributed by atoms with Crippen molar-refractivity contribution in [1.29, 1.82) is 0 Å². The summed E-state index contributed by atoms with van der Waals surface area (Å²) in [4.78, 5) is 8.50. The maximum atomic E-state index is 4.35. The minimum Gasteiger partial charge on any atom is -0.288 e. The van der Waals surface area contributed by atoms with E-state index in [0.717, 1.165) is 17.0 Å². The van der Waals surface area contributed by atoms with E-state index in [1.54, 1.807) is 6.20 Å². The molecule has 0 aliphatic heterocycles. The molecule has 0 aromatic carbocycles. The van der Waals surface area contributed by atoms with E-state index in [4.69, 9.17) is 0 Å². The number of hydrogen-bond acceptors (Lipinski definition) is 2. The van der Waals surface area contributed by atoms with Crippen LogP contribution in [0.1, 0.15) is 11.4 Å². The van der Waals surface area contributed by atoms with E-state index >= 15 is 0 Å². The molecule has 2 aromatic heterocycles. The van der Waals surface area contributed by atoms with Crippen molar-refractivity contribution in [3.05, 3.63) is 42.1 Å². The molecule has 0 atom stereocenters. The standard InChI is InChI=1S/C10H10BrN3/c1-8-12-4-5-14(8)10-3-2-9(6-11)7-13-10/h2-5,7H,6H2,1H3. The van der Waals surface area contributed by atoms with Gasteiger partial charge < -0.3 is 0 Å². The third-order valence-electron chi connectivity index (χ3n) is 2.04. The lowest BCUT2D eigenvalue weighted by molar-refractivity contribution is 0.929. The summed E-state index contributed by atoms with van der Waals surface area (Å²) in [5, 5.41) is 0.836. The van der Waals surface area contributed by atoms with Crippen molar-refractivity contribution in [1.82, 2.24) is 14.5 Å². The number of aromatic nitrogens is 3. The molecule has 4 heteroatoms. The summed E-state index contributed by atoms with van der Waals surface area (Å²) in [6, 6.07) is 4.04. The van der Waals surface area contributed by atoms with Gasteiger partial charge in [-0.05, 0) is 18.6 Å². The summed E-state index contributed by atoms with van der Waals surface area (Å²) in [5.41, 5.74) is 1.17. The summed E-state index contributed by atoms with van der Waals surface area (Å²) in [6.45, 7) is 1.96. The fourth-order valence-electron chi connectivity index (χ4n) is 1.26. The van der Waals surface area contributed by atoms with Crippen LogP contribution in [0, 0.1) is 6.92 Å². The molecule has 72 valence electrons. The van der Waals surface area contributed by atoms with Crippen LogP contribution in [-0.4, -0.2) is 14.5 Å². The maximum Gasteiger partial charge on any atom is 0.137 e. The van der Waals surface area contributed by atoms with Crippen LogP contribution in [0.25, 0.3) is 5.82 Å². The molecule has 2 heterocycles. The Morgan fingerprint density at radius 1 is 1.36 bits per heavy atom. The predicted octanol–water partition coefficient (Wildman–Crippen LogP) is 2.47. The molecule has 0 saturated carbocycles. The van der Waals surface area contributed by atoms with Gasteiger partial charge in [-0.3, -0.25) is 4.57 Å². The van der Waals surface area contributed by atoms with Gasteiger partial charge in [0.2, 0.25) is 0 Å². The van der Waals surface area contributed by atoms with Gasteiger partial charge in [0, 0.05) is 23.9 Å². The monoisotopic (exact) mass is 251 g/mol. The van der Waals surface area contributed by atoms with E-state index in [1.165, 1.54) is 5.56 Å². The largest absolute Gasteiger partial charge is 0.288 e. The van der Waals surface area contributed by atoms with Gasteiger partial charge in [0.05, 0.1) is 0 Å².